The zero-order valence-corrected chi connectivity index (χ0v) is 24.5. The minimum Gasteiger partial charge on any atom is -0.352 e. The number of sulfonamides is 1. The maximum absolute atomic E-state index is 14.6. The second-order valence-corrected chi connectivity index (χ2v) is 11.8. The smallest absolute Gasteiger partial charge is 0.352 e. The van der Waals surface area contributed by atoms with Crippen LogP contribution in [0.2, 0.25) is 0 Å². The molecule has 0 saturated heterocycles. The van der Waals surface area contributed by atoms with E-state index >= 15 is 0 Å². The number of nitrogens with one attached hydrogen (secondary N) is 1. The Balaban J connectivity index is 2.10. The fraction of sp³-hybridized carbons (Fsp3) is 0.333. The Morgan fingerprint density at radius 2 is 1.60 bits per heavy atom. The molecule has 0 heterocycles. The maximum atomic E-state index is 14.6. The third-order valence-electron chi connectivity index (χ3n) is 6.82. The lowest BCUT2D eigenvalue weighted by Gasteiger charge is -2.32. The Morgan fingerprint density at radius 1 is 0.952 bits per heavy atom. The quantitative estimate of drug-likeness (QED) is 0.284. The first-order chi connectivity index (χ1) is 19.6. The van der Waals surface area contributed by atoms with Gasteiger partial charge in [0.1, 0.15) is 18.4 Å². The molecular weight excluding hydrogens is 574 g/mol. The first-order valence-electron chi connectivity index (χ1n) is 13.2. The summed E-state index contributed by atoms with van der Waals surface area (Å²) in [7, 11) is -4.57. The van der Waals surface area contributed by atoms with Crippen LogP contribution >= 0.6 is 0 Å². The minimum absolute atomic E-state index is 0.0704. The molecule has 3 aromatic carbocycles. The average Bonchev–Trinajstić information content (AvgIpc) is 2.94. The number of aryl methyl sites for hydroxylation is 1. The van der Waals surface area contributed by atoms with Crippen LogP contribution in [0.3, 0.4) is 0 Å². The third kappa shape index (κ3) is 7.87. The second-order valence-electron chi connectivity index (χ2n) is 9.98. The van der Waals surface area contributed by atoms with Crippen LogP contribution in [0, 0.1) is 12.7 Å². The molecule has 0 unspecified atom stereocenters. The summed E-state index contributed by atoms with van der Waals surface area (Å²) in [5.41, 5.74) is -0.698. The molecule has 0 aromatic heterocycles. The molecule has 2 atom stereocenters. The number of carbonyl (C=O) groups excluding carboxylic acids is 2. The Labute approximate surface area is 243 Å². The molecule has 0 aliphatic rings. The summed E-state index contributed by atoms with van der Waals surface area (Å²) in [4.78, 5) is 27.7. The standard InChI is InChI=1S/C30H33F4N3O4S/c1-5-21(3)35-29(39)22(4)36(18-23-9-6-7-12-27(23)31)28(38)19-37(25-11-8-10-24(17-25)30(32,33)34)42(40,41)26-15-13-20(2)14-16-26/h6-17,21-22H,5,18-19H2,1-4H3,(H,35,39)/t21-,22+/m0/s1. The highest BCUT2D eigenvalue weighted by atomic mass is 32.2. The molecule has 12 heteroatoms. The van der Waals surface area contributed by atoms with Gasteiger partial charge in [0, 0.05) is 18.2 Å². The lowest BCUT2D eigenvalue weighted by atomic mass is 10.1. The summed E-state index contributed by atoms with van der Waals surface area (Å²) >= 11 is 0. The highest BCUT2D eigenvalue weighted by molar-refractivity contribution is 7.92. The van der Waals surface area contributed by atoms with Gasteiger partial charge in [-0.05, 0) is 63.6 Å². The maximum Gasteiger partial charge on any atom is 0.416 e. The Kier molecular flexibility index (Phi) is 10.4. The first-order valence-corrected chi connectivity index (χ1v) is 14.7. The van der Waals surface area contributed by atoms with Crippen LogP contribution in [0.1, 0.15) is 43.9 Å². The fourth-order valence-corrected chi connectivity index (χ4v) is 5.47. The number of anilines is 1. The Bertz CT molecular complexity index is 1510. The van der Waals surface area contributed by atoms with E-state index in [1.54, 1.807) is 19.9 Å². The number of hydrogen-bond acceptors (Lipinski definition) is 4. The Morgan fingerprint density at radius 3 is 2.19 bits per heavy atom. The van der Waals surface area contributed by atoms with E-state index in [9.17, 15) is 35.6 Å². The molecule has 2 amide bonds. The van der Waals surface area contributed by atoms with Crippen LogP contribution < -0.4 is 9.62 Å². The van der Waals surface area contributed by atoms with Crippen LogP contribution in [0.5, 0.6) is 0 Å². The number of rotatable bonds is 11. The molecular formula is C30H33F4N3O4S. The summed E-state index contributed by atoms with van der Waals surface area (Å²) in [6, 6.07) is 13.4. The third-order valence-corrected chi connectivity index (χ3v) is 8.60. The van der Waals surface area contributed by atoms with Crippen molar-refractivity contribution in [1.29, 1.82) is 0 Å². The van der Waals surface area contributed by atoms with E-state index in [1.807, 2.05) is 6.92 Å². The molecule has 0 bridgehead atoms. The molecule has 0 fully saturated rings. The molecule has 0 spiro atoms. The van der Waals surface area contributed by atoms with E-state index in [0.29, 0.717) is 16.8 Å². The lowest BCUT2D eigenvalue weighted by Crippen LogP contribution is -2.52. The van der Waals surface area contributed by atoms with Crippen molar-refractivity contribution in [3.63, 3.8) is 0 Å². The van der Waals surface area contributed by atoms with Gasteiger partial charge in [0.05, 0.1) is 16.1 Å². The van der Waals surface area contributed by atoms with Crippen LogP contribution in [0.25, 0.3) is 0 Å². The summed E-state index contributed by atoms with van der Waals surface area (Å²) in [6.07, 6.45) is -4.18. The van der Waals surface area contributed by atoms with Crippen molar-refractivity contribution in [1.82, 2.24) is 10.2 Å². The molecule has 0 radical (unpaired) electrons. The highest BCUT2D eigenvalue weighted by Crippen LogP contribution is 2.33. The van der Waals surface area contributed by atoms with Crippen molar-refractivity contribution < 1.29 is 35.6 Å². The summed E-state index contributed by atoms with van der Waals surface area (Å²) in [5, 5.41) is 2.75. The number of hydrogen-bond donors (Lipinski definition) is 1. The lowest BCUT2D eigenvalue weighted by molar-refractivity contribution is -0.139. The van der Waals surface area contributed by atoms with Crippen LogP contribution in [-0.2, 0) is 32.3 Å². The number of alkyl halides is 3. The summed E-state index contributed by atoms with van der Waals surface area (Å²) < 4.78 is 83.5. The minimum atomic E-state index is -4.78. The van der Waals surface area contributed by atoms with Gasteiger partial charge in [0.15, 0.2) is 0 Å². The number of nitrogens with zero attached hydrogens (tertiary/aromatic N) is 2. The molecule has 3 rings (SSSR count). The van der Waals surface area contributed by atoms with E-state index < -0.39 is 57.7 Å². The molecule has 42 heavy (non-hydrogen) atoms. The van der Waals surface area contributed by atoms with Gasteiger partial charge in [-0.15, -0.1) is 0 Å². The van der Waals surface area contributed by atoms with Gasteiger partial charge in [-0.3, -0.25) is 13.9 Å². The largest absolute Gasteiger partial charge is 0.416 e. The number of carbonyl (C=O) groups is 2. The monoisotopic (exact) mass is 607 g/mol. The van der Waals surface area contributed by atoms with Crippen molar-refractivity contribution in [2.75, 3.05) is 10.8 Å². The number of benzene rings is 3. The SMILES string of the molecule is CC[C@H](C)NC(=O)[C@@H](C)N(Cc1ccccc1F)C(=O)CN(c1cccc(C(F)(F)F)c1)S(=O)(=O)c1ccc(C)cc1. The van der Waals surface area contributed by atoms with Crippen molar-refractivity contribution in [2.24, 2.45) is 0 Å². The number of amides is 2. The van der Waals surface area contributed by atoms with Gasteiger partial charge >= 0.3 is 6.18 Å². The molecule has 0 aliphatic carbocycles. The van der Waals surface area contributed by atoms with E-state index in [1.165, 1.54) is 49.4 Å². The normalized spacial score (nSPS) is 13.2. The zero-order valence-electron chi connectivity index (χ0n) is 23.7. The fourth-order valence-electron chi connectivity index (χ4n) is 4.06. The summed E-state index contributed by atoms with van der Waals surface area (Å²) in [6.45, 7) is 5.42. The first kappa shape index (κ1) is 32.6. The van der Waals surface area contributed by atoms with Gasteiger partial charge in [-0.1, -0.05) is 48.9 Å². The van der Waals surface area contributed by atoms with Gasteiger partial charge in [0.25, 0.3) is 10.0 Å². The Hall–Kier alpha value is -3.93. The molecule has 226 valence electrons. The average molecular weight is 608 g/mol. The predicted octanol–water partition coefficient (Wildman–Crippen LogP) is 5.68. The molecule has 3 aromatic rings. The predicted molar refractivity (Wildman–Crippen MR) is 151 cm³/mol. The van der Waals surface area contributed by atoms with E-state index in [2.05, 4.69) is 5.32 Å². The van der Waals surface area contributed by atoms with E-state index in [4.69, 9.17) is 0 Å². The molecule has 0 saturated carbocycles. The zero-order chi connectivity index (χ0) is 31.2. The van der Waals surface area contributed by atoms with Crippen molar-refractivity contribution in [3.05, 3.63) is 95.3 Å². The van der Waals surface area contributed by atoms with Crippen LogP contribution in [0.15, 0.2) is 77.7 Å². The van der Waals surface area contributed by atoms with Crippen molar-refractivity contribution >= 4 is 27.5 Å². The van der Waals surface area contributed by atoms with Crippen molar-refractivity contribution in [3.8, 4) is 0 Å². The topological polar surface area (TPSA) is 86.8 Å². The van der Waals surface area contributed by atoms with E-state index in [-0.39, 0.29) is 23.0 Å². The van der Waals surface area contributed by atoms with Crippen LogP contribution in [0.4, 0.5) is 23.2 Å². The van der Waals surface area contributed by atoms with Gasteiger partial charge < -0.3 is 10.2 Å². The highest BCUT2D eigenvalue weighted by Gasteiger charge is 2.35. The van der Waals surface area contributed by atoms with Crippen molar-refractivity contribution in [2.45, 2.75) is 63.8 Å². The molecule has 0 aliphatic heterocycles. The molecule has 1 N–H and O–H groups in total. The molecule has 7 nitrogen and oxygen atoms in total. The second kappa shape index (κ2) is 13.4. The van der Waals surface area contributed by atoms with Crippen LogP contribution in [-0.4, -0.2) is 43.8 Å². The van der Waals surface area contributed by atoms with Gasteiger partial charge in [0.2, 0.25) is 11.8 Å². The number of halogens is 4. The van der Waals surface area contributed by atoms with Gasteiger partial charge in [-0.2, -0.15) is 13.2 Å². The van der Waals surface area contributed by atoms with E-state index in [0.717, 1.165) is 28.7 Å². The van der Waals surface area contributed by atoms with Gasteiger partial charge in [-0.25, -0.2) is 12.8 Å². The summed E-state index contributed by atoms with van der Waals surface area (Å²) in [5.74, 6) is -2.12.